The van der Waals surface area contributed by atoms with Crippen LogP contribution in [-0.2, 0) is 20.9 Å². The average Bonchev–Trinajstić information content (AvgIpc) is 2.55. The number of anilines is 1. The largest absolute Gasteiger partial charge is 0.339 e. The van der Waals surface area contributed by atoms with E-state index >= 15 is 0 Å². The Bertz CT molecular complexity index is 615. The molecule has 0 saturated carbocycles. The Morgan fingerprint density at radius 1 is 1.29 bits per heavy atom. The van der Waals surface area contributed by atoms with Crippen LogP contribution >= 0.6 is 0 Å². The monoisotopic (exact) mass is 331 g/mol. The van der Waals surface area contributed by atoms with Gasteiger partial charge in [-0.3, -0.25) is 14.4 Å². The van der Waals surface area contributed by atoms with Crippen molar-refractivity contribution in [3.05, 3.63) is 29.8 Å². The number of rotatable bonds is 6. The van der Waals surface area contributed by atoms with Crippen molar-refractivity contribution in [1.29, 1.82) is 0 Å². The van der Waals surface area contributed by atoms with Crippen molar-refractivity contribution in [1.82, 2.24) is 9.80 Å². The lowest BCUT2D eigenvalue weighted by molar-refractivity contribution is -0.136. The third kappa shape index (κ3) is 5.08. The van der Waals surface area contributed by atoms with E-state index < -0.39 is 0 Å². The van der Waals surface area contributed by atoms with E-state index in [0.717, 1.165) is 18.4 Å². The number of nitrogens with one attached hydrogen (secondary N) is 1. The number of carbonyl (C=O) groups excluding carboxylic acids is 3. The maximum absolute atomic E-state index is 12.2. The molecule has 1 aromatic rings. The lowest BCUT2D eigenvalue weighted by Crippen LogP contribution is -2.40. The van der Waals surface area contributed by atoms with Crippen LogP contribution < -0.4 is 5.32 Å². The van der Waals surface area contributed by atoms with Crippen LogP contribution in [-0.4, -0.2) is 47.2 Å². The molecule has 0 aromatic heterocycles. The molecule has 0 atom stereocenters. The Labute approximate surface area is 142 Å². The van der Waals surface area contributed by atoms with Crippen molar-refractivity contribution in [3.8, 4) is 0 Å². The highest BCUT2D eigenvalue weighted by Crippen LogP contribution is 2.14. The van der Waals surface area contributed by atoms with Gasteiger partial charge in [-0.2, -0.15) is 0 Å². The van der Waals surface area contributed by atoms with Crippen molar-refractivity contribution in [2.45, 2.75) is 39.7 Å². The van der Waals surface area contributed by atoms with Gasteiger partial charge in [-0.15, -0.1) is 0 Å². The zero-order chi connectivity index (χ0) is 17.5. The summed E-state index contributed by atoms with van der Waals surface area (Å²) in [6.07, 6.45) is 2.39. The van der Waals surface area contributed by atoms with Crippen molar-refractivity contribution >= 4 is 23.4 Å². The third-order valence-corrected chi connectivity index (χ3v) is 4.17. The zero-order valence-corrected chi connectivity index (χ0v) is 14.4. The van der Waals surface area contributed by atoms with Crippen LogP contribution in [0.5, 0.6) is 0 Å². The first-order valence-corrected chi connectivity index (χ1v) is 8.41. The molecule has 1 saturated heterocycles. The quantitative estimate of drug-likeness (QED) is 0.867. The summed E-state index contributed by atoms with van der Waals surface area (Å²) < 4.78 is 0. The van der Waals surface area contributed by atoms with Crippen LogP contribution in [0.1, 0.15) is 38.7 Å². The molecule has 1 aromatic carbocycles. The first-order valence-electron chi connectivity index (χ1n) is 8.41. The van der Waals surface area contributed by atoms with E-state index in [2.05, 4.69) is 5.32 Å². The molecule has 1 heterocycles. The van der Waals surface area contributed by atoms with Crippen molar-refractivity contribution in [2.75, 3.05) is 25.0 Å². The van der Waals surface area contributed by atoms with Gasteiger partial charge in [-0.25, -0.2) is 0 Å². The minimum atomic E-state index is -0.193. The molecule has 6 nitrogen and oxygen atoms in total. The highest BCUT2D eigenvalue weighted by atomic mass is 16.2. The van der Waals surface area contributed by atoms with Crippen LogP contribution in [0.3, 0.4) is 0 Å². The van der Waals surface area contributed by atoms with E-state index in [9.17, 15) is 14.4 Å². The molecular weight excluding hydrogens is 306 g/mol. The third-order valence-electron chi connectivity index (χ3n) is 4.17. The van der Waals surface area contributed by atoms with E-state index in [0.29, 0.717) is 31.7 Å². The number of amides is 3. The standard InChI is InChI=1S/C18H25N3O3/c1-3-20(14(2)22)12-15-7-6-8-16(11-15)19-17(23)13-21-10-5-4-9-18(21)24/h6-8,11H,3-5,9-10,12-13H2,1-2H3,(H,19,23). The zero-order valence-electron chi connectivity index (χ0n) is 14.4. The Morgan fingerprint density at radius 2 is 2.08 bits per heavy atom. The Hall–Kier alpha value is -2.37. The van der Waals surface area contributed by atoms with Gasteiger partial charge in [-0.1, -0.05) is 12.1 Å². The number of carbonyl (C=O) groups is 3. The first kappa shape index (κ1) is 18.0. The van der Waals surface area contributed by atoms with E-state index in [1.54, 1.807) is 16.7 Å². The molecular formula is C18H25N3O3. The molecule has 1 N–H and O–H groups in total. The molecule has 1 aliphatic rings. The molecule has 0 bridgehead atoms. The number of piperidine rings is 1. The van der Waals surface area contributed by atoms with Gasteiger partial charge in [0.05, 0.1) is 6.54 Å². The molecule has 0 unspecified atom stereocenters. The minimum absolute atomic E-state index is 0.0237. The van der Waals surface area contributed by atoms with Crippen molar-refractivity contribution in [2.24, 2.45) is 0 Å². The van der Waals surface area contributed by atoms with Gasteiger partial charge in [0.25, 0.3) is 0 Å². The number of likely N-dealkylation sites (tertiary alicyclic amines) is 1. The highest BCUT2D eigenvalue weighted by Gasteiger charge is 2.20. The van der Waals surface area contributed by atoms with E-state index in [1.807, 2.05) is 31.2 Å². The number of nitrogens with zero attached hydrogens (tertiary/aromatic N) is 2. The normalized spacial score (nSPS) is 14.4. The summed E-state index contributed by atoms with van der Waals surface area (Å²) in [5.41, 5.74) is 1.64. The summed E-state index contributed by atoms with van der Waals surface area (Å²) >= 11 is 0. The molecule has 6 heteroatoms. The number of hydrogen-bond donors (Lipinski definition) is 1. The number of hydrogen-bond acceptors (Lipinski definition) is 3. The summed E-state index contributed by atoms with van der Waals surface area (Å²) in [5, 5.41) is 2.83. The van der Waals surface area contributed by atoms with Crippen LogP contribution in [0.25, 0.3) is 0 Å². The lowest BCUT2D eigenvalue weighted by atomic mass is 10.1. The lowest BCUT2D eigenvalue weighted by Gasteiger charge is -2.26. The summed E-state index contributed by atoms with van der Waals surface area (Å²) in [4.78, 5) is 38.8. The molecule has 0 spiro atoms. The second kappa shape index (κ2) is 8.47. The van der Waals surface area contributed by atoms with Gasteiger partial charge < -0.3 is 15.1 Å². The number of benzene rings is 1. The van der Waals surface area contributed by atoms with Crippen molar-refractivity contribution < 1.29 is 14.4 Å². The van der Waals surface area contributed by atoms with Gasteiger partial charge in [0.1, 0.15) is 0 Å². The maximum atomic E-state index is 12.2. The van der Waals surface area contributed by atoms with Crippen LogP contribution in [0.4, 0.5) is 5.69 Å². The predicted molar refractivity (Wildman–Crippen MR) is 92.3 cm³/mol. The second-order valence-electron chi connectivity index (χ2n) is 6.05. The first-order chi connectivity index (χ1) is 11.5. The summed E-state index contributed by atoms with van der Waals surface area (Å²) in [5.74, 6) is -0.123. The minimum Gasteiger partial charge on any atom is -0.339 e. The fraction of sp³-hybridized carbons (Fsp3) is 0.500. The Kier molecular flexibility index (Phi) is 6.35. The molecule has 0 radical (unpaired) electrons. The highest BCUT2D eigenvalue weighted by molar-refractivity contribution is 5.94. The molecule has 2 rings (SSSR count). The SMILES string of the molecule is CCN(Cc1cccc(NC(=O)CN2CCCCC2=O)c1)C(C)=O. The van der Waals surface area contributed by atoms with Crippen molar-refractivity contribution in [3.63, 3.8) is 0 Å². The summed E-state index contributed by atoms with van der Waals surface area (Å²) in [6.45, 7) is 5.38. The fourth-order valence-corrected chi connectivity index (χ4v) is 2.82. The molecule has 0 aliphatic carbocycles. The summed E-state index contributed by atoms with van der Waals surface area (Å²) in [6, 6.07) is 7.45. The molecule has 3 amide bonds. The summed E-state index contributed by atoms with van der Waals surface area (Å²) in [7, 11) is 0. The van der Waals surface area contributed by atoms with Crippen LogP contribution in [0.2, 0.25) is 0 Å². The van der Waals surface area contributed by atoms with Gasteiger partial charge in [-0.05, 0) is 37.5 Å². The second-order valence-corrected chi connectivity index (χ2v) is 6.05. The van der Waals surface area contributed by atoms with Gasteiger partial charge in [0, 0.05) is 38.7 Å². The van der Waals surface area contributed by atoms with Crippen LogP contribution in [0, 0.1) is 0 Å². The van der Waals surface area contributed by atoms with Gasteiger partial charge in [0.15, 0.2) is 0 Å². The Morgan fingerprint density at radius 3 is 2.75 bits per heavy atom. The topological polar surface area (TPSA) is 69.7 Å². The van der Waals surface area contributed by atoms with E-state index in [4.69, 9.17) is 0 Å². The maximum Gasteiger partial charge on any atom is 0.243 e. The molecule has 24 heavy (non-hydrogen) atoms. The molecule has 130 valence electrons. The molecule has 1 fully saturated rings. The van der Waals surface area contributed by atoms with Gasteiger partial charge in [0.2, 0.25) is 17.7 Å². The molecule has 1 aliphatic heterocycles. The predicted octanol–water partition coefficient (Wildman–Crippen LogP) is 2.01. The van der Waals surface area contributed by atoms with Crippen LogP contribution in [0.15, 0.2) is 24.3 Å². The van der Waals surface area contributed by atoms with Gasteiger partial charge >= 0.3 is 0 Å². The average molecular weight is 331 g/mol. The smallest absolute Gasteiger partial charge is 0.243 e. The van der Waals surface area contributed by atoms with E-state index in [-0.39, 0.29) is 24.3 Å². The Balaban J connectivity index is 1.94. The van der Waals surface area contributed by atoms with E-state index in [1.165, 1.54) is 0 Å². The fourth-order valence-electron chi connectivity index (χ4n) is 2.82.